The maximum atomic E-state index is 6.55. The lowest BCUT2D eigenvalue weighted by molar-refractivity contribution is 0.289. The van der Waals surface area contributed by atoms with Gasteiger partial charge in [-0.05, 0) is 105 Å². The summed E-state index contributed by atoms with van der Waals surface area (Å²) in [5.74, 6) is 0. The van der Waals surface area contributed by atoms with E-state index in [1.54, 1.807) is 5.57 Å². The minimum Gasteiger partial charge on any atom is -0.417 e. The van der Waals surface area contributed by atoms with Crippen LogP contribution in [-0.4, -0.2) is 36.0 Å². The molecule has 3 aromatic rings. The van der Waals surface area contributed by atoms with Crippen LogP contribution < -0.4 is 15.9 Å². The van der Waals surface area contributed by atoms with Crippen molar-refractivity contribution in [1.82, 2.24) is 0 Å². The fraction of sp³-hybridized carbons (Fsp3) is 0.636. The summed E-state index contributed by atoms with van der Waals surface area (Å²) >= 11 is 0. The van der Waals surface area contributed by atoms with Crippen molar-refractivity contribution in [3.05, 3.63) is 103 Å². The average molecular weight is 955 g/mol. The van der Waals surface area contributed by atoms with Gasteiger partial charge in [0.25, 0.3) is 0 Å². The Morgan fingerprint density at radius 1 is 0.475 bits per heavy atom. The molecule has 0 saturated carbocycles. The van der Waals surface area contributed by atoms with Gasteiger partial charge < -0.3 is 8.85 Å². The summed E-state index contributed by atoms with van der Waals surface area (Å²) in [4.78, 5) is 0. The highest BCUT2D eigenvalue weighted by Crippen LogP contribution is 2.55. The van der Waals surface area contributed by atoms with Gasteiger partial charge in [-0.1, -0.05) is 199 Å². The van der Waals surface area contributed by atoms with Gasteiger partial charge in [0.1, 0.15) is 23.2 Å². The van der Waals surface area contributed by atoms with Crippen molar-refractivity contribution in [2.75, 3.05) is 19.4 Å². The molecular formula is C55H95BrO2PSi2+. The minimum absolute atomic E-state index is 0. The minimum atomic E-state index is -1.74. The molecule has 61 heavy (non-hydrogen) atoms. The van der Waals surface area contributed by atoms with Crippen molar-refractivity contribution in [1.29, 1.82) is 0 Å². The van der Waals surface area contributed by atoms with E-state index in [2.05, 4.69) is 179 Å². The van der Waals surface area contributed by atoms with E-state index in [9.17, 15) is 0 Å². The zero-order chi connectivity index (χ0) is 44.4. The first kappa shape index (κ1) is 57.7. The molecule has 0 heterocycles. The van der Waals surface area contributed by atoms with Crippen molar-refractivity contribution >= 4 is 56.8 Å². The van der Waals surface area contributed by atoms with Crippen LogP contribution in [0.15, 0.2) is 103 Å². The first-order valence-electron chi connectivity index (χ1n) is 24.5. The SMILES string of the molecule is Br.CC(C)(C)[Si](C)(C)OCCC[P+](c1ccccc1)(c1ccccc1)c1ccccc1.CCCCCCCCCC(=CCCO[Si](C)(C)C(C)(C)C)CCCCCCCCC. The van der Waals surface area contributed by atoms with Gasteiger partial charge in [0, 0.05) is 19.6 Å². The van der Waals surface area contributed by atoms with Gasteiger partial charge in [0.15, 0.2) is 16.6 Å². The van der Waals surface area contributed by atoms with Gasteiger partial charge in [0.2, 0.25) is 0 Å². The molecule has 3 aromatic carbocycles. The van der Waals surface area contributed by atoms with Crippen LogP contribution in [0.2, 0.25) is 36.3 Å². The van der Waals surface area contributed by atoms with E-state index in [1.807, 2.05) is 0 Å². The molecule has 0 saturated heterocycles. The van der Waals surface area contributed by atoms with E-state index < -0.39 is 23.9 Å². The zero-order valence-corrected chi connectivity index (χ0v) is 46.4. The van der Waals surface area contributed by atoms with Crippen molar-refractivity contribution in [3.63, 3.8) is 0 Å². The molecule has 0 aliphatic carbocycles. The molecule has 0 radical (unpaired) electrons. The number of rotatable bonds is 28. The topological polar surface area (TPSA) is 18.5 Å². The van der Waals surface area contributed by atoms with Crippen LogP contribution in [0.1, 0.15) is 171 Å². The van der Waals surface area contributed by atoms with Crippen molar-refractivity contribution in [2.24, 2.45) is 0 Å². The summed E-state index contributed by atoms with van der Waals surface area (Å²) in [7, 11) is -5.07. The molecule has 0 aliphatic heterocycles. The second-order valence-electron chi connectivity index (χ2n) is 20.5. The second-order valence-corrected chi connectivity index (χ2v) is 33.7. The third kappa shape index (κ3) is 21.5. The molecule has 0 amide bonds. The van der Waals surface area contributed by atoms with E-state index >= 15 is 0 Å². The normalized spacial score (nSPS) is 12.3. The number of allylic oxidation sites excluding steroid dienone is 1. The molecule has 0 aromatic heterocycles. The van der Waals surface area contributed by atoms with Gasteiger partial charge in [-0.15, -0.1) is 17.0 Å². The number of hydrogen-bond acceptors (Lipinski definition) is 2. The van der Waals surface area contributed by atoms with Crippen molar-refractivity contribution in [3.8, 4) is 0 Å². The molecule has 3 rings (SSSR count). The first-order valence-corrected chi connectivity index (χ1v) is 32.3. The van der Waals surface area contributed by atoms with Crippen molar-refractivity contribution < 1.29 is 8.85 Å². The third-order valence-electron chi connectivity index (χ3n) is 13.5. The lowest BCUT2D eigenvalue weighted by Crippen LogP contribution is -2.41. The molecule has 346 valence electrons. The van der Waals surface area contributed by atoms with Crippen LogP contribution in [-0.2, 0) is 8.85 Å². The molecule has 0 fully saturated rings. The summed E-state index contributed by atoms with van der Waals surface area (Å²) in [5.41, 5.74) is 1.72. The number of hydrogen-bond donors (Lipinski definition) is 0. The first-order chi connectivity index (χ1) is 28.5. The molecule has 0 spiro atoms. The Balaban J connectivity index is 0.000000600. The van der Waals surface area contributed by atoms with Crippen LogP contribution >= 0.6 is 24.2 Å². The quantitative estimate of drug-likeness (QED) is 0.0312. The maximum absolute atomic E-state index is 6.55. The van der Waals surface area contributed by atoms with Crippen molar-refractivity contribution in [2.45, 2.75) is 207 Å². The number of benzene rings is 3. The van der Waals surface area contributed by atoms with Crippen LogP contribution in [0.5, 0.6) is 0 Å². The molecule has 2 nitrogen and oxygen atoms in total. The molecule has 0 aliphatic rings. The molecule has 0 unspecified atom stereocenters. The number of unbranched alkanes of at least 4 members (excludes halogenated alkanes) is 12. The van der Waals surface area contributed by atoms with E-state index in [-0.39, 0.29) is 22.0 Å². The smallest absolute Gasteiger partial charge is 0.191 e. The van der Waals surface area contributed by atoms with Gasteiger partial charge in [-0.25, -0.2) is 0 Å². The van der Waals surface area contributed by atoms with E-state index in [1.165, 1.54) is 119 Å². The molecule has 0 bridgehead atoms. The fourth-order valence-corrected chi connectivity index (χ4v) is 13.9. The maximum Gasteiger partial charge on any atom is 0.191 e. The molecule has 0 N–H and O–H groups in total. The monoisotopic (exact) mass is 954 g/mol. The lowest BCUT2D eigenvalue weighted by atomic mass is 9.98. The molecule has 0 atom stereocenters. The Hall–Kier alpha value is -1.34. The van der Waals surface area contributed by atoms with Crippen LogP contribution in [0.3, 0.4) is 0 Å². The second kappa shape index (κ2) is 30.7. The summed E-state index contributed by atoms with van der Waals surface area (Å²) in [6.45, 7) is 29.7. The fourth-order valence-electron chi connectivity index (χ4n) is 7.47. The highest BCUT2D eigenvalue weighted by Gasteiger charge is 2.45. The molecule has 6 heteroatoms. The van der Waals surface area contributed by atoms with Crippen LogP contribution in [0.25, 0.3) is 0 Å². The highest BCUT2D eigenvalue weighted by atomic mass is 79.9. The van der Waals surface area contributed by atoms with Crippen LogP contribution in [0, 0.1) is 0 Å². The van der Waals surface area contributed by atoms with Gasteiger partial charge in [-0.3, -0.25) is 0 Å². The van der Waals surface area contributed by atoms with Gasteiger partial charge in [0.05, 0.1) is 6.16 Å². The highest BCUT2D eigenvalue weighted by molar-refractivity contribution is 8.93. The van der Waals surface area contributed by atoms with E-state index in [0.717, 1.165) is 32.2 Å². The van der Waals surface area contributed by atoms with Gasteiger partial charge >= 0.3 is 0 Å². The average Bonchev–Trinajstić information content (AvgIpc) is 3.22. The Kier molecular flexibility index (Phi) is 29.1. The Bertz CT molecular complexity index is 1410. The third-order valence-corrected chi connectivity index (χ3v) is 27.1. The summed E-state index contributed by atoms with van der Waals surface area (Å²) < 4.78 is 13.0. The van der Waals surface area contributed by atoms with Gasteiger partial charge in [-0.2, -0.15) is 0 Å². The Morgan fingerprint density at radius 2 is 0.803 bits per heavy atom. The zero-order valence-electron chi connectivity index (χ0n) is 41.8. The summed E-state index contributed by atoms with van der Waals surface area (Å²) in [5, 5.41) is 4.92. The summed E-state index contributed by atoms with van der Waals surface area (Å²) in [6.07, 6.45) is 28.2. The van der Waals surface area contributed by atoms with Crippen LogP contribution in [0.4, 0.5) is 0 Å². The van der Waals surface area contributed by atoms with E-state index in [4.69, 9.17) is 8.85 Å². The molecular weight excluding hydrogens is 860 g/mol. The standard InChI is InChI=1S/C28H58OSi.C27H36OPSi.BrH/c1-8-10-12-14-16-18-20-23-27(24-21-19-17-15-13-11-9-2)25-22-26-29-30(6,7)28(3,4)5;1-27(2,3)30(4,5)28-22-15-23-29(24-16-9-6-10-17-24,25-18-11-7-12-19-25)26-20-13-8-14-21-26;/h25H,8-24,26H2,1-7H3;6-14,16-21H,15,22-23H2,1-5H3;1H/q;+1;. The largest absolute Gasteiger partial charge is 0.417 e. The summed E-state index contributed by atoms with van der Waals surface area (Å²) in [6, 6.07) is 33.4. The Morgan fingerprint density at radius 3 is 1.15 bits per heavy atom. The van der Waals surface area contributed by atoms with E-state index in [0.29, 0.717) is 5.04 Å². The number of halogens is 1. The predicted molar refractivity (Wildman–Crippen MR) is 289 cm³/mol. The lowest BCUT2D eigenvalue weighted by Gasteiger charge is -2.36. The predicted octanol–water partition coefficient (Wildman–Crippen LogP) is 17.6. The Labute approximate surface area is 392 Å².